The quantitative estimate of drug-likeness (QED) is 0.885. The monoisotopic (exact) mass is 316 g/mol. The highest BCUT2D eigenvalue weighted by atomic mass is 19.1. The van der Waals surface area contributed by atoms with Gasteiger partial charge >= 0.3 is 0 Å². The first-order valence-electron chi connectivity index (χ1n) is 6.97. The van der Waals surface area contributed by atoms with Gasteiger partial charge in [-0.15, -0.1) is 0 Å². The van der Waals surface area contributed by atoms with Gasteiger partial charge in [0.05, 0.1) is 13.7 Å². The second-order valence-corrected chi connectivity index (χ2v) is 4.93. The number of carbonyl (C=O) groups is 2. The van der Waals surface area contributed by atoms with Gasteiger partial charge in [-0.3, -0.25) is 9.59 Å². The molecule has 2 aromatic carbocycles. The Balaban J connectivity index is 2.29. The van der Waals surface area contributed by atoms with Crippen LogP contribution in [0.5, 0.6) is 5.75 Å². The maximum atomic E-state index is 14.3. The number of nitrogens with zero attached hydrogens (tertiary/aromatic N) is 1. The Kier molecular flexibility index (Phi) is 5.30. The highest BCUT2D eigenvalue weighted by Crippen LogP contribution is 2.21. The van der Waals surface area contributed by atoms with Crippen LogP contribution in [0.3, 0.4) is 0 Å². The van der Waals surface area contributed by atoms with Crippen molar-refractivity contribution in [1.29, 1.82) is 0 Å². The number of benzene rings is 2. The molecule has 0 saturated heterocycles. The molecule has 0 aliphatic carbocycles. The molecule has 0 unspecified atom stereocenters. The molecule has 23 heavy (non-hydrogen) atoms. The van der Waals surface area contributed by atoms with Gasteiger partial charge in [-0.1, -0.05) is 30.3 Å². The molecule has 0 bridgehead atoms. The zero-order valence-corrected chi connectivity index (χ0v) is 12.7. The average Bonchev–Trinajstić information content (AvgIpc) is 2.55. The van der Waals surface area contributed by atoms with E-state index in [2.05, 4.69) is 0 Å². The Morgan fingerprint density at radius 2 is 1.83 bits per heavy atom. The van der Waals surface area contributed by atoms with Crippen LogP contribution in [0.2, 0.25) is 0 Å². The van der Waals surface area contributed by atoms with E-state index in [1.54, 1.807) is 36.4 Å². The van der Waals surface area contributed by atoms with Crippen LogP contribution in [0.25, 0.3) is 0 Å². The Morgan fingerprint density at radius 1 is 1.13 bits per heavy atom. The Hall–Kier alpha value is -2.89. The normalized spacial score (nSPS) is 10.2. The lowest BCUT2D eigenvalue weighted by Crippen LogP contribution is -2.38. The predicted molar refractivity (Wildman–Crippen MR) is 83.3 cm³/mol. The summed E-state index contributed by atoms with van der Waals surface area (Å²) >= 11 is 0. The van der Waals surface area contributed by atoms with Crippen molar-refractivity contribution >= 4 is 11.8 Å². The van der Waals surface area contributed by atoms with E-state index in [-0.39, 0.29) is 24.4 Å². The molecule has 0 saturated carbocycles. The van der Waals surface area contributed by atoms with Gasteiger partial charge in [0.2, 0.25) is 5.91 Å². The lowest BCUT2D eigenvalue weighted by Gasteiger charge is -2.22. The van der Waals surface area contributed by atoms with E-state index in [4.69, 9.17) is 10.5 Å². The highest BCUT2D eigenvalue weighted by Gasteiger charge is 2.20. The molecular formula is C17H17FN2O3. The van der Waals surface area contributed by atoms with Crippen molar-refractivity contribution in [3.63, 3.8) is 0 Å². The minimum absolute atomic E-state index is 0.0775. The van der Waals surface area contributed by atoms with E-state index in [1.165, 1.54) is 24.1 Å². The maximum Gasteiger partial charge on any atom is 0.254 e. The molecule has 0 aliphatic heterocycles. The van der Waals surface area contributed by atoms with Gasteiger partial charge < -0.3 is 15.4 Å². The molecule has 2 N–H and O–H groups in total. The van der Waals surface area contributed by atoms with Gasteiger partial charge in [0.15, 0.2) is 11.6 Å². The van der Waals surface area contributed by atoms with Crippen LogP contribution in [0, 0.1) is 5.82 Å². The molecule has 120 valence electrons. The number of hydrogen-bond acceptors (Lipinski definition) is 3. The first kappa shape index (κ1) is 16.5. The second kappa shape index (κ2) is 7.40. The summed E-state index contributed by atoms with van der Waals surface area (Å²) in [5.74, 6) is -1.55. The molecule has 2 aromatic rings. The van der Waals surface area contributed by atoms with E-state index in [0.29, 0.717) is 5.56 Å². The Morgan fingerprint density at radius 3 is 2.43 bits per heavy atom. The number of rotatable bonds is 6. The number of nitrogens with two attached hydrogens (primary N) is 1. The van der Waals surface area contributed by atoms with Gasteiger partial charge in [-0.25, -0.2) is 4.39 Å². The van der Waals surface area contributed by atoms with Crippen LogP contribution in [0.4, 0.5) is 4.39 Å². The number of halogens is 1. The van der Waals surface area contributed by atoms with Gasteiger partial charge in [0.25, 0.3) is 5.91 Å². The molecule has 2 amide bonds. The van der Waals surface area contributed by atoms with Crippen molar-refractivity contribution in [3.8, 4) is 5.75 Å². The summed E-state index contributed by atoms with van der Waals surface area (Å²) in [6, 6.07) is 13.1. The van der Waals surface area contributed by atoms with Crippen LogP contribution in [0.15, 0.2) is 48.5 Å². The van der Waals surface area contributed by atoms with Crippen molar-refractivity contribution in [2.75, 3.05) is 13.7 Å². The molecular weight excluding hydrogens is 299 g/mol. The van der Waals surface area contributed by atoms with E-state index in [9.17, 15) is 14.0 Å². The number of ether oxygens (including phenoxy) is 1. The van der Waals surface area contributed by atoms with Crippen LogP contribution in [0.1, 0.15) is 15.9 Å². The zero-order valence-electron chi connectivity index (χ0n) is 12.7. The fourth-order valence-corrected chi connectivity index (χ4v) is 2.19. The lowest BCUT2D eigenvalue weighted by molar-refractivity contribution is -0.118. The third-order valence-corrected chi connectivity index (χ3v) is 3.28. The Bertz CT molecular complexity index is 704. The SMILES string of the molecule is COc1cccc(CN(CC(N)=O)C(=O)c2ccccc2)c1F. The lowest BCUT2D eigenvalue weighted by atomic mass is 10.1. The minimum atomic E-state index is -0.669. The van der Waals surface area contributed by atoms with E-state index >= 15 is 0 Å². The summed E-state index contributed by atoms with van der Waals surface area (Å²) in [6.07, 6.45) is 0. The van der Waals surface area contributed by atoms with Crippen molar-refractivity contribution in [3.05, 3.63) is 65.5 Å². The van der Waals surface area contributed by atoms with E-state index < -0.39 is 17.6 Å². The van der Waals surface area contributed by atoms with Crippen molar-refractivity contribution in [2.45, 2.75) is 6.54 Å². The number of hydrogen-bond donors (Lipinski definition) is 1. The molecule has 2 rings (SSSR count). The largest absolute Gasteiger partial charge is 0.494 e. The van der Waals surface area contributed by atoms with Gasteiger partial charge in [0, 0.05) is 17.7 Å². The van der Waals surface area contributed by atoms with Crippen LogP contribution < -0.4 is 10.5 Å². The molecule has 5 nitrogen and oxygen atoms in total. The fourth-order valence-electron chi connectivity index (χ4n) is 2.19. The van der Waals surface area contributed by atoms with Crippen molar-refractivity contribution < 1.29 is 18.7 Å². The summed E-state index contributed by atoms with van der Waals surface area (Å²) < 4.78 is 19.2. The van der Waals surface area contributed by atoms with Crippen molar-refractivity contribution in [2.24, 2.45) is 5.73 Å². The average molecular weight is 316 g/mol. The molecule has 0 atom stereocenters. The number of amides is 2. The van der Waals surface area contributed by atoms with Crippen LogP contribution in [-0.2, 0) is 11.3 Å². The first-order chi connectivity index (χ1) is 11.0. The Labute approximate surface area is 133 Å². The van der Waals surface area contributed by atoms with Gasteiger partial charge in [0.1, 0.15) is 0 Å². The third kappa shape index (κ3) is 4.06. The summed E-state index contributed by atoms with van der Waals surface area (Å²) in [4.78, 5) is 25.0. The zero-order chi connectivity index (χ0) is 16.8. The standard InChI is InChI=1S/C17H17FN2O3/c1-23-14-9-5-8-13(16(14)18)10-20(11-15(19)21)17(22)12-6-3-2-4-7-12/h2-9H,10-11H2,1H3,(H2,19,21). The molecule has 0 aliphatic rings. The van der Waals surface area contributed by atoms with E-state index in [0.717, 1.165) is 0 Å². The molecule has 0 aromatic heterocycles. The summed E-state index contributed by atoms with van der Waals surface area (Å²) in [5, 5.41) is 0. The minimum Gasteiger partial charge on any atom is -0.494 e. The van der Waals surface area contributed by atoms with Crippen LogP contribution in [-0.4, -0.2) is 30.4 Å². The molecule has 0 spiro atoms. The van der Waals surface area contributed by atoms with E-state index in [1.807, 2.05) is 0 Å². The molecule has 0 heterocycles. The summed E-state index contributed by atoms with van der Waals surface area (Å²) in [6.45, 7) is -0.385. The van der Waals surface area contributed by atoms with Gasteiger partial charge in [-0.05, 0) is 18.2 Å². The fraction of sp³-hybridized carbons (Fsp3) is 0.176. The maximum absolute atomic E-state index is 14.3. The van der Waals surface area contributed by atoms with Crippen molar-refractivity contribution in [1.82, 2.24) is 4.90 Å². The summed E-state index contributed by atoms with van der Waals surface area (Å²) in [7, 11) is 1.36. The summed E-state index contributed by atoms with van der Waals surface area (Å²) in [5.41, 5.74) is 5.85. The molecule has 0 fully saturated rings. The first-order valence-corrected chi connectivity index (χ1v) is 6.97. The number of primary amides is 1. The third-order valence-electron chi connectivity index (χ3n) is 3.28. The van der Waals surface area contributed by atoms with Crippen LogP contribution >= 0.6 is 0 Å². The number of carbonyl (C=O) groups excluding carboxylic acids is 2. The highest BCUT2D eigenvalue weighted by molar-refractivity contribution is 5.96. The predicted octanol–water partition coefficient (Wildman–Crippen LogP) is 1.96. The number of methoxy groups -OCH3 is 1. The topological polar surface area (TPSA) is 72.6 Å². The molecule has 6 heteroatoms. The van der Waals surface area contributed by atoms with Gasteiger partial charge in [-0.2, -0.15) is 0 Å². The second-order valence-electron chi connectivity index (χ2n) is 4.93. The smallest absolute Gasteiger partial charge is 0.254 e. The molecule has 0 radical (unpaired) electrons.